The quantitative estimate of drug-likeness (QED) is 0.787. The molecule has 1 atom stereocenters. The van der Waals surface area contributed by atoms with Crippen LogP contribution in [0, 0.1) is 18.8 Å². The molecule has 1 amide bonds. The van der Waals surface area contributed by atoms with E-state index in [2.05, 4.69) is 15.6 Å². The minimum Gasteiger partial charge on any atom is -0.393 e. The van der Waals surface area contributed by atoms with Gasteiger partial charge in [-0.1, -0.05) is 0 Å². The maximum atomic E-state index is 13.0. The van der Waals surface area contributed by atoms with Gasteiger partial charge in [0.25, 0.3) is 5.91 Å². The summed E-state index contributed by atoms with van der Waals surface area (Å²) in [7, 11) is 0. The number of nitrogens with one attached hydrogen (secondary N) is 2. The molecule has 0 bridgehead atoms. The standard InChI is InChI=1S/C19H26N4O2/c1-12-11-23-8-2-3-16(18(23)21-12)19(25)22-17(14-9-15(24)10-14)13-4-6-20-7-5-13/h2-3,8,11,13-15,17,20,24H,4-7,9-10H2,1H3,(H,22,25)/t14?,15?,17-/m0/s1. The fourth-order valence-corrected chi connectivity index (χ4v) is 4.29. The van der Waals surface area contributed by atoms with Crippen LogP contribution in [0.5, 0.6) is 0 Å². The molecule has 1 saturated heterocycles. The first kappa shape index (κ1) is 16.5. The highest BCUT2D eigenvalue weighted by Gasteiger charge is 2.39. The van der Waals surface area contributed by atoms with Crippen LogP contribution >= 0.6 is 0 Å². The zero-order valence-electron chi connectivity index (χ0n) is 14.6. The van der Waals surface area contributed by atoms with Gasteiger partial charge in [-0.25, -0.2) is 4.98 Å². The summed E-state index contributed by atoms with van der Waals surface area (Å²) in [5, 5.41) is 16.4. The highest BCUT2D eigenvalue weighted by molar-refractivity contribution is 6.00. The molecule has 1 aliphatic carbocycles. The molecule has 3 N–H and O–H groups in total. The van der Waals surface area contributed by atoms with E-state index in [1.165, 1.54) is 0 Å². The predicted molar refractivity (Wildman–Crippen MR) is 95.5 cm³/mol. The Hall–Kier alpha value is -1.92. The summed E-state index contributed by atoms with van der Waals surface area (Å²) in [6.45, 7) is 3.94. The van der Waals surface area contributed by atoms with Gasteiger partial charge in [0.1, 0.15) is 5.65 Å². The third-order valence-corrected chi connectivity index (χ3v) is 5.69. The molecule has 1 aliphatic heterocycles. The number of fused-ring (bicyclic) bond motifs is 1. The van der Waals surface area contributed by atoms with Crippen LogP contribution < -0.4 is 10.6 Å². The number of aliphatic hydroxyl groups is 1. The summed E-state index contributed by atoms with van der Waals surface area (Å²) in [5.74, 6) is 0.799. The molecule has 1 saturated carbocycles. The van der Waals surface area contributed by atoms with Crippen molar-refractivity contribution in [2.75, 3.05) is 13.1 Å². The highest BCUT2D eigenvalue weighted by Crippen LogP contribution is 2.36. The average molecular weight is 342 g/mol. The molecule has 0 spiro atoms. The van der Waals surface area contributed by atoms with Gasteiger partial charge in [0.2, 0.25) is 0 Å². The van der Waals surface area contributed by atoms with Crippen molar-refractivity contribution in [2.24, 2.45) is 11.8 Å². The van der Waals surface area contributed by atoms with E-state index in [1.54, 1.807) is 0 Å². The van der Waals surface area contributed by atoms with Gasteiger partial charge >= 0.3 is 0 Å². The van der Waals surface area contributed by atoms with Gasteiger partial charge in [0.15, 0.2) is 0 Å². The summed E-state index contributed by atoms with van der Waals surface area (Å²) in [6, 6.07) is 3.86. The number of pyridine rings is 1. The van der Waals surface area contributed by atoms with Gasteiger partial charge in [-0.15, -0.1) is 0 Å². The maximum Gasteiger partial charge on any atom is 0.255 e. The fourth-order valence-electron chi connectivity index (χ4n) is 4.29. The molecule has 2 aromatic rings. The van der Waals surface area contributed by atoms with Crippen molar-refractivity contribution in [3.05, 3.63) is 35.8 Å². The van der Waals surface area contributed by atoms with E-state index in [1.807, 2.05) is 35.9 Å². The molecule has 2 fully saturated rings. The number of aliphatic hydroxyl groups excluding tert-OH is 1. The van der Waals surface area contributed by atoms with E-state index in [0.29, 0.717) is 23.0 Å². The molecule has 0 unspecified atom stereocenters. The van der Waals surface area contributed by atoms with Crippen molar-refractivity contribution in [3.63, 3.8) is 0 Å². The van der Waals surface area contributed by atoms with Crippen molar-refractivity contribution >= 4 is 11.6 Å². The summed E-state index contributed by atoms with van der Waals surface area (Å²) in [5.41, 5.74) is 2.22. The first-order valence-corrected chi connectivity index (χ1v) is 9.26. The van der Waals surface area contributed by atoms with Crippen LogP contribution in [0.25, 0.3) is 5.65 Å². The average Bonchev–Trinajstić information content (AvgIpc) is 2.98. The normalized spacial score (nSPS) is 25.5. The number of aromatic nitrogens is 2. The lowest BCUT2D eigenvalue weighted by molar-refractivity contribution is 0.00920. The van der Waals surface area contributed by atoms with Gasteiger partial charge < -0.3 is 20.1 Å². The topological polar surface area (TPSA) is 78.7 Å². The second-order valence-electron chi connectivity index (χ2n) is 7.51. The Balaban J connectivity index is 1.56. The molecule has 134 valence electrons. The largest absolute Gasteiger partial charge is 0.393 e. The van der Waals surface area contributed by atoms with Gasteiger partial charge in [-0.2, -0.15) is 0 Å². The number of imidazole rings is 1. The summed E-state index contributed by atoms with van der Waals surface area (Å²) in [4.78, 5) is 17.5. The number of rotatable bonds is 4. The Kier molecular flexibility index (Phi) is 4.48. The van der Waals surface area contributed by atoms with Crippen molar-refractivity contribution < 1.29 is 9.90 Å². The van der Waals surface area contributed by atoms with Crippen LogP contribution in [0.3, 0.4) is 0 Å². The molecule has 0 radical (unpaired) electrons. The number of nitrogens with zero attached hydrogens (tertiary/aromatic N) is 2. The first-order valence-electron chi connectivity index (χ1n) is 9.26. The van der Waals surface area contributed by atoms with E-state index in [4.69, 9.17) is 0 Å². The molecular formula is C19H26N4O2. The molecule has 25 heavy (non-hydrogen) atoms. The van der Waals surface area contributed by atoms with Crippen molar-refractivity contribution in [3.8, 4) is 0 Å². The molecule has 6 heteroatoms. The second-order valence-corrected chi connectivity index (χ2v) is 7.51. The third-order valence-electron chi connectivity index (χ3n) is 5.69. The first-order chi connectivity index (χ1) is 12.1. The van der Waals surface area contributed by atoms with Crippen LogP contribution in [-0.4, -0.2) is 45.6 Å². The predicted octanol–water partition coefficient (Wildman–Crippen LogP) is 1.51. The Morgan fingerprint density at radius 1 is 1.36 bits per heavy atom. The minimum absolute atomic E-state index is 0.0545. The van der Waals surface area contributed by atoms with Crippen molar-refractivity contribution in [1.82, 2.24) is 20.0 Å². The molecular weight excluding hydrogens is 316 g/mol. The smallest absolute Gasteiger partial charge is 0.255 e. The lowest BCUT2D eigenvalue weighted by Gasteiger charge is -2.43. The van der Waals surface area contributed by atoms with Crippen LogP contribution in [0.15, 0.2) is 24.5 Å². The van der Waals surface area contributed by atoms with E-state index < -0.39 is 0 Å². The summed E-state index contributed by atoms with van der Waals surface area (Å²) in [6.07, 6.45) is 7.37. The molecule has 3 heterocycles. The highest BCUT2D eigenvalue weighted by atomic mass is 16.3. The zero-order valence-corrected chi connectivity index (χ0v) is 14.6. The van der Waals surface area contributed by atoms with E-state index in [0.717, 1.165) is 44.5 Å². The number of hydrogen-bond acceptors (Lipinski definition) is 4. The summed E-state index contributed by atoms with van der Waals surface area (Å²) < 4.78 is 1.90. The van der Waals surface area contributed by atoms with Crippen LogP contribution in [0.2, 0.25) is 0 Å². The van der Waals surface area contributed by atoms with Crippen LogP contribution in [0.1, 0.15) is 41.7 Å². The number of carbonyl (C=O) groups excluding carboxylic acids is 1. The summed E-state index contributed by atoms with van der Waals surface area (Å²) >= 11 is 0. The zero-order chi connectivity index (χ0) is 17.4. The fraction of sp³-hybridized carbons (Fsp3) is 0.579. The van der Waals surface area contributed by atoms with E-state index in [-0.39, 0.29) is 18.1 Å². The van der Waals surface area contributed by atoms with Crippen LogP contribution in [-0.2, 0) is 0 Å². The Bertz CT molecular complexity index is 760. The molecule has 2 aromatic heterocycles. The number of aryl methyl sites for hydroxylation is 1. The number of amides is 1. The van der Waals surface area contributed by atoms with Gasteiger partial charge in [-0.05, 0) is 69.7 Å². The van der Waals surface area contributed by atoms with Crippen LogP contribution in [0.4, 0.5) is 0 Å². The monoisotopic (exact) mass is 342 g/mol. The lowest BCUT2D eigenvalue weighted by Crippen LogP contribution is -2.52. The van der Waals surface area contributed by atoms with E-state index in [9.17, 15) is 9.90 Å². The number of piperidine rings is 1. The molecule has 4 rings (SSSR count). The van der Waals surface area contributed by atoms with Gasteiger partial charge in [0, 0.05) is 18.4 Å². The maximum absolute atomic E-state index is 13.0. The number of hydrogen-bond donors (Lipinski definition) is 3. The SMILES string of the molecule is Cc1cn2cccc(C(=O)N[C@@H](C3CCNCC3)C3CC(O)C3)c2n1. The van der Waals surface area contributed by atoms with Crippen molar-refractivity contribution in [1.29, 1.82) is 0 Å². The molecule has 6 nitrogen and oxygen atoms in total. The Morgan fingerprint density at radius 2 is 2.12 bits per heavy atom. The Morgan fingerprint density at radius 3 is 2.84 bits per heavy atom. The molecule has 2 aliphatic rings. The third kappa shape index (κ3) is 3.28. The number of carbonyl (C=O) groups is 1. The van der Waals surface area contributed by atoms with Crippen molar-refractivity contribution in [2.45, 2.75) is 44.8 Å². The second kappa shape index (κ2) is 6.77. The minimum atomic E-state index is -0.204. The molecule has 0 aromatic carbocycles. The Labute approximate surface area is 147 Å². The van der Waals surface area contributed by atoms with E-state index >= 15 is 0 Å². The van der Waals surface area contributed by atoms with Gasteiger partial charge in [-0.3, -0.25) is 4.79 Å². The van der Waals surface area contributed by atoms with Gasteiger partial charge in [0.05, 0.1) is 17.4 Å². The lowest BCUT2D eigenvalue weighted by atomic mass is 9.71.